The minimum Gasteiger partial charge on any atom is -0.379 e. The molecule has 1 aliphatic heterocycles. The largest absolute Gasteiger partial charge is 0.379 e. The summed E-state index contributed by atoms with van der Waals surface area (Å²) in [5.41, 5.74) is 1.88. The fraction of sp³-hybridized carbons (Fsp3) is 0.562. The van der Waals surface area contributed by atoms with Crippen molar-refractivity contribution in [2.24, 2.45) is 11.8 Å². The molecule has 0 bridgehead atoms. The van der Waals surface area contributed by atoms with Crippen LogP contribution in [0, 0.1) is 11.8 Å². The standard InChI is InChI=1S/C16H21ClN2O2/c1-11-8-14(11)16(20)18-13-3-2-12(15(17)9-13)10-19-4-6-21-7-5-19/h2-3,9,11,14H,4-8,10H2,1H3,(H,18,20)/t11-,14-/m0/s1. The highest BCUT2D eigenvalue weighted by Crippen LogP contribution is 2.38. The summed E-state index contributed by atoms with van der Waals surface area (Å²) in [5, 5.41) is 3.66. The number of morpholine rings is 1. The van der Waals surface area contributed by atoms with Gasteiger partial charge < -0.3 is 10.1 Å². The number of carbonyl (C=O) groups is 1. The molecule has 1 aliphatic carbocycles. The van der Waals surface area contributed by atoms with Gasteiger partial charge in [-0.1, -0.05) is 24.6 Å². The first-order chi connectivity index (χ1) is 10.1. The van der Waals surface area contributed by atoms with Gasteiger partial charge in [0.25, 0.3) is 0 Å². The molecular weight excluding hydrogens is 288 g/mol. The lowest BCUT2D eigenvalue weighted by Crippen LogP contribution is -2.35. The van der Waals surface area contributed by atoms with E-state index in [4.69, 9.17) is 16.3 Å². The smallest absolute Gasteiger partial charge is 0.227 e. The molecule has 2 atom stereocenters. The quantitative estimate of drug-likeness (QED) is 0.930. The molecule has 0 aromatic heterocycles. The molecule has 4 nitrogen and oxygen atoms in total. The summed E-state index contributed by atoms with van der Waals surface area (Å²) in [5.74, 6) is 0.803. The third kappa shape index (κ3) is 3.76. The van der Waals surface area contributed by atoms with Crippen LogP contribution in [0.2, 0.25) is 5.02 Å². The van der Waals surface area contributed by atoms with Crippen molar-refractivity contribution in [1.29, 1.82) is 0 Å². The van der Waals surface area contributed by atoms with E-state index in [1.807, 2.05) is 18.2 Å². The van der Waals surface area contributed by atoms with Gasteiger partial charge >= 0.3 is 0 Å². The molecule has 1 amide bonds. The number of hydrogen-bond donors (Lipinski definition) is 1. The SMILES string of the molecule is C[C@H]1C[C@@H]1C(=O)Nc1ccc(CN2CCOCC2)c(Cl)c1. The van der Waals surface area contributed by atoms with Gasteiger partial charge in [0.15, 0.2) is 0 Å². The van der Waals surface area contributed by atoms with Crippen LogP contribution in [0.1, 0.15) is 18.9 Å². The number of anilines is 1. The van der Waals surface area contributed by atoms with Crippen molar-refractivity contribution in [3.8, 4) is 0 Å². The van der Waals surface area contributed by atoms with Gasteiger partial charge in [-0.05, 0) is 30.0 Å². The summed E-state index contributed by atoms with van der Waals surface area (Å²) >= 11 is 6.35. The summed E-state index contributed by atoms with van der Waals surface area (Å²) in [6, 6.07) is 5.79. The molecule has 1 aromatic rings. The van der Waals surface area contributed by atoms with Crippen LogP contribution in [0.15, 0.2) is 18.2 Å². The Balaban J connectivity index is 1.60. The van der Waals surface area contributed by atoms with Crippen molar-refractivity contribution < 1.29 is 9.53 Å². The summed E-state index contributed by atoms with van der Waals surface area (Å²) in [6.45, 7) is 6.37. The predicted molar refractivity (Wildman–Crippen MR) is 83.4 cm³/mol. The van der Waals surface area contributed by atoms with E-state index in [0.717, 1.165) is 50.5 Å². The maximum absolute atomic E-state index is 11.9. The highest BCUT2D eigenvalue weighted by molar-refractivity contribution is 6.31. The lowest BCUT2D eigenvalue weighted by molar-refractivity contribution is -0.117. The lowest BCUT2D eigenvalue weighted by atomic mass is 10.1. The Morgan fingerprint density at radius 2 is 2.14 bits per heavy atom. The minimum atomic E-state index is 0.111. The zero-order valence-corrected chi connectivity index (χ0v) is 13.0. The number of carbonyl (C=O) groups excluding carboxylic acids is 1. The molecule has 1 saturated carbocycles. The average Bonchev–Trinajstić information content (AvgIpc) is 3.20. The van der Waals surface area contributed by atoms with Gasteiger partial charge in [0.1, 0.15) is 0 Å². The summed E-state index contributed by atoms with van der Waals surface area (Å²) < 4.78 is 5.35. The van der Waals surface area contributed by atoms with Gasteiger partial charge in [-0.3, -0.25) is 9.69 Å². The summed E-state index contributed by atoms with van der Waals surface area (Å²) in [7, 11) is 0. The van der Waals surface area contributed by atoms with Crippen LogP contribution in [0.5, 0.6) is 0 Å². The van der Waals surface area contributed by atoms with Crippen LogP contribution in [0.3, 0.4) is 0 Å². The van der Waals surface area contributed by atoms with E-state index < -0.39 is 0 Å². The first kappa shape index (κ1) is 14.8. The molecule has 0 unspecified atom stereocenters. The van der Waals surface area contributed by atoms with Crippen molar-refractivity contribution in [1.82, 2.24) is 4.90 Å². The number of nitrogens with one attached hydrogen (secondary N) is 1. The van der Waals surface area contributed by atoms with Gasteiger partial charge in [-0.25, -0.2) is 0 Å². The zero-order valence-electron chi connectivity index (χ0n) is 12.3. The van der Waals surface area contributed by atoms with Crippen molar-refractivity contribution in [3.05, 3.63) is 28.8 Å². The van der Waals surface area contributed by atoms with Crippen LogP contribution in [-0.4, -0.2) is 37.1 Å². The Morgan fingerprint density at radius 1 is 1.43 bits per heavy atom. The third-order valence-electron chi connectivity index (χ3n) is 4.26. The molecular formula is C16H21ClN2O2. The first-order valence-electron chi connectivity index (χ1n) is 7.53. The van der Waals surface area contributed by atoms with Crippen LogP contribution >= 0.6 is 11.6 Å². The van der Waals surface area contributed by atoms with E-state index in [1.165, 1.54) is 0 Å². The number of ether oxygens (including phenoxy) is 1. The molecule has 1 heterocycles. The number of hydrogen-bond acceptors (Lipinski definition) is 3. The summed E-state index contributed by atoms with van der Waals surface area (Å²) in [4.78, 5) is 14.3. The summed E-state index contributed by atoms with van der Waals surface area (Å²) in [6.07, 6.45) is 0.995. The van der Waals surface area contributed by atoms with Crippen LogP contribution < -0.4 is 5.32 Å². The Labute approximate surface area is 130 Å². The van der Waals surface area contributed by atoms with Crippen molar-refractivity contribution >= 4 is 23.2 Å². The Kier molecular flexibility index (Phi) is 4.48. The zero-order chi connectivity index (χ0) is 14.8. The van der Waals surface area contributed by atoms with E-state index in [9.17, 15) is 4.79 Å². The number of halogens is 1. The lowest BCUT2D eigenvalue weighted by Gasteiger charge is -2.27. The van der Waals surface area contributed by atoms with Gasteiger partial charge in [-0.2, -0.15) is 0 Å². The monoisotopic (exact) mass is 308 g/mol. The molecule has 114 valence electrons. The Hall–Kier alpha value is -1.10. The Bertz CT molecular complexity index is 529. The normalized spacial score (nSPS) is 25.6. The molecule has 0 spiro atoms. The van der Waals surface area contributed by atoms with E-state index in [0.29, 0.717) is 10.9 Å². The molecule has 2 aliphatic rings. The van der Waals surface area contributed by atoms with Crippen LogP contribution in [-0.2, 0) is 16.1 Å². The van der Waals surface area contributed by atoms with Crippen LogP contribution in [0.4, 0.5) is 5.69 Å². The first-order valence-corrected chi connectivity index (χ1v) is 7.90. The number of rotatable bonds is 4. The molecule has 3 rings (SSSR count). The van der Waals surface area contributed by atoms with Crippen LogP contribution in [0.25, 0.3) is 0 Å². The fourth-order valence-corrected chi connectivity index (χ4v) is 2.92. The van der Waals surface area contributed by atoms with Crippen molar-refractivity contribution in [2.45, 2.75) is 19.9 Å². The van der Waals surface area contributed by atoms with Gasteiger partial charge in [0.05, 0.1) is 13.2 Å². The minimum absolute atomic E-state index is 0.111. The molecule has 1 aromatic carbocycles. The van der Waals surface area contributed by atoms with Gasteiger partial charge in [0, 0.05) is 36.3 Å². The van der Waals surface area contributed by atoms with E-state index in [-0.39, 0.29) is 11.8 Å². The highest BCUT2D eigenvalue weighted by Gasteiger charge is 2.39. The molecule has 21 heavy (non-hydrogen) atoms. The fourth-order valence-electron chi connectivity index (χ4n) is 2.68. The second kappa shape index (κ2) is 6.34. The average molecular weight is 309 g/mol. The third-order valence-corrected chi connectivity index (χ3v) is 4.62. The number of amides is 1. The Morgan fingerprint density at radius 3 is 2.76 bits per heavy atom. The molecule has 1 saturated heterocycles. The maximum Gasteiger partial charge on any atom is 0.227 e. The van der Waals surface area contributed by atoms with E-state index in [1.54, 1.807) is 0 Å². The maximum atomic E-state index is 11.9. The second-order valence-electron chi connectivity index (χ2n) is 6.00. The second-order valence-corrected chi connectivity index (χ2v) is 6.41. The molecule has 2 fully saturated rings. The molecule has 5 heteroatoms. The van der Waals surface area contributed by atoms with Gasteiger partial charge in [0.2, 0.25) is 5.91 Å². The van der Waals surface area contributed by atoms with Crippen molar-refractivity contribution in [3.63, 3.8) is 0 Å². The van der Waals surface area contributed by atoms with E-state index >= 15 is 0 Å². The number of benzene rings is 1. The van der Waals surface area contributed by atoms with Crippen molar-refractivity contribution in [2.75, 3.05) is 31.6 Å². The molecule has 0 radical (unpaired) electrons. The van der Waals surface area contributed by atoms with Gasteiger partial charge in [-0.15, -0.1) is 0 Å². The van der Waals surface area contributed by atoms with E-state index in [2.05, 4.69) is 17.1 Å². The molecule has 1 N–H and O–H groups in total. The number of nitrogens with zero attached hydrogens (tertiary/aromatic N) is 1. The topological polar surface area (TPSA) is 41.6 Å². The highest BCUT2D eigenvalue weighted by atomic mass is 35.5. The predicted octanol–water partition coefficient (Wildman–Crippen LogP) is 2.77.